The highest BCUT2D eigenvalue weighted by molar-refractivity contribution is 6.09. The Bertz CT molecular complexity index is 1310. The zero-order valence-electron chi connectivity index (χ0n) is 18.9. The van der Waals surface area contributed by atoms with Gasteiger partial charge in [-0.15, -0.1) is 0 Å². The van der Waals surface area contributed by atoms with Gasteiger partial charge in [-0.25, -0.2) is 9.50 Å². The van der Waals surface area contributed by atoms with Crippen LogP contribution in [-0.2, 0) is 11.2 Å². The smallest absolute Gasteiger partial charge is 0.261 e. The van der Waals surface area contributed by atoms with E-state index in [1.807, 2.05) is 19.1 Å². The Kier molecular flexibility index (Phi) is 4.57. The van der Waals surface area contributed by atoms with Crippen molar-refractivity contribution in [3.63, 3.8) is 0 Å². The van der Waals surface area contributed by atoms with E-state index in [4.69, 9.17) is 4.74 Å². The maximum atomic E-state index is 13.3. The molecule has 1 spiro atoms. The summed E-state index contributed by atoms with van der Waals surface area (Å²) in [6.07, 6.45) is 6.95. The number of hydrogen-bond donors (Lipinski definition) is 3. The molecule has 2 amide bonds. The third-order valence-electron chi connectivity index (χ3n) is 7.34. The zero-order valence-corrected chi connectivity index (χ0v) is 18.9. The average Bonchev–Trinajstić information content (AvgIpc) is 3.43. The van der Waals surface area contributed by atoms with Crippen molar-refractivity contribution in [1.82, 2.24) is 19.9 Å². The third kappa shape index (κ3) is 3.20. The van der Waals surface area contributed by atoms with Crippen molar-refractivity contribution in [2.45, 2.75) is 31.8 Å². The molecule has 176 valence electrons. The largest absolute Gasteiger partial charge is 0.484 e. The van der Waals surface area contributed by atoms with Gasteiger partial charge >= 0.3 is 0 Å². The molecule has 0 bridgehead atoms. The van der Waals surface area contributed by atoms with Gasteiger partial charge in [-0.05, 0) is 31.9 Å². The molecule has 10 nitrogen and oxygen atoms in total. The van der Waals surface area contributed by atoms with Gasteiger partial charge in [0.2, 0.25) is 5.91 Å². The summed E-state index contributed by atoms with van der Waals surface area (Å²) in [7, 11) is 0. The van der Waals surface area contributed by atoms with Crippen molar-refractivity contribution in [1.29, 1.82) is 0 Å². The molecule has 6 rings (SSSR count). The molecule has 2 saturated heterocycles. The van der Waals surface area contributed by atoms with E-state index in [0.29, 0.717) is 42.2 Å². The number of benzene rings is 1. The number of aliphatic hydroxyl groups excluding tert-OH is 1. The second-order valence-corrected chi connectivity index (χ2v) is 9.71. The minimum Gasteiger partial charge on any atom is -0.484 e. The maximum Gasteiger partial charge on any atom is 0.261 e. The molecule has 3 aliphatic rings. The first-order chi connectivity index (χ1) is 16.4. The summed E-state index contributed by atoms with van der Waals surface area (Å²) < 4.78 is 7.64. The first-order valence-corrected chi connectivity index (χ1v) is 11.5. The van der Waals surface area contributed by atoms with Gasteiger partial charge in [-0.1, -0.05) is 0 Å². The number of aliphatic hydroxyl groups is 1. The second-order valence-electron chi connectivity index (χ2n) is 9.71. The first-order valence-electron chi connectivity index (χ1n) is 11.5. The quantitative estimate of drug-likeness (QED) is 0.501. The van der Waals surface area contributed by atoms with Crippen molar-refractivity contribution in [3.8, 4) is 5.75 Å². The molecule has 3 aliphatic heterocycles. The lowest BCUT2D eigenvalue weighted by atomic mass is 9.72. The number of amides is 2. The number of carbonyl (C=O) groups is 2. The van der Waals surface area contributed by atoms with Gasteiger partial charge < -0.3 is 25.4 Å². The number of piperidine rings is 1. The number of nitrogens with one attached hydrogen (secondary N) is 2. The van der Waals surface area contributed by atoms with E-state index in [9.17, 15) is 14.7 Å². The fourth-order valence-electron chi connectivity index (χ4n) is 5.17. The molecule has 3 N–H and O–H groups in total. The van der Waals surface area contributed by atoms with Gasteiger partial charge in [0.25, 0.3) is 5.91 Å². The maximum absolute atomic E-state index is 13.3. The Balaban J connectivity index is 1.33. The molecule has 34 heavy (non-hydrogen) atoms. The summed E-state index contributed by atoms with van der Waals surface area (Å²) in [5.41, 5.74) is 2.35. The third-order valence-corrected chi connectivity index (χ3v) is 7.34. The Morgan fingerprint density at radius 1 is 1.32 bits per heavy atom. The molecule has 1 aromatic carbocycles. The topological polar surface area (TPSA) is 121 Å². The van der Waals surface area contributed by atoms with E-state index in [2.05, 4.69) is 25.6 Å². The lowest BCUT2D eigenvalue weighted by Crippen LogP contribution is -2.62. The Morgan fingerprint density at radius 2 is 2.15 bits per heavy atom. The van der Waals surface area contributed by atoms with Crippen LogP contribution < -0.4 is 20.3 Å². The van der Waals surface area contributed by atoms with Gasteiger partial charge in [-0.2, -0.15) is 5.10 Å². The summed E-state index contributed by atoms with van der Waals surface area (Å²) in [6.45, 7) is 3.89. The van der Waals surface area contributed by atoms with Crippen molar-refractivity contribution >= 4 is 28.8 Å². The SMILES string of the molecule is C[C@]1(CO)Cc2cc(NC(=O)c3cnn4cccnc34)c(N3CCC4(CC3)CNC4=O)cc2O1. The molecule has 0 saturated carbocycles. The standard InChI is InChI=1S/C24H26N6O4/c1-23(14-31)11-15-9-17(28-21(32)16-12-27-30-6-2-5-25-20(16)30)18(10-19(15)34-23)29-7-3-24(4-8-29)13-26-22(24)33/h2,5-6,9-10,12,31H,3-4,7-8,11,13-14H2,1H3,(H,26,33)(H,28,32)/t23-/m1/s1. The van der Waals surface area contributed by atoms with Gasteiger partial charge in [0.1, 0.15) is 16.9 Å². The lowest BCUT2D eigenvalue weighted by molar-refractivity contribution is -0.141. The van der Waals surface area contributed by atoms with E-state index >= 15 is 0 Å². The van der Waals surface area contributed by atoms with Crippen LogP contribution in [0.2, 0.25) is 0 Å². The number of nitrogens with zero attached hydrogens (tertiary/aromatic N) is 4. The summed E-state index contributed by atoms with van der Waals surface area (Å²) in [5, 5.41) is 20.0. The van der Waals surface area contributed by atoms with E-state index < -0.39 is 5.60 Å². The monoisotopic (exact) mass is 462 g/mol. The Morgan fingerprint density at radius 3 is 2.85 bits per heavy atom. The lowest BCUT2D eigenvalue weighted by Gasteiger charge is -2.47. The highest BCUT2D eigenvalue weighted by Gasteiger charge is 2.48. The summed E-state index contributed by atoms with van der Waals surface area (Å²) in [6, 6.07) is 5.63. The molecule has 0 radical (unpaired) electrons. The number of anilines is 2. The number of ether oxygens (including phenoxy) is 1. The predicted molar refractivity (Wildman–Crippen MR) is 124 cm³/mol. The van der Waals surface area contributed by atoms with E-state index in [1.165, 1.54) is 6.20 Å². The number of aromatic nitrogens is 3. The van der Waals surface area contributed by atoms with Gasteiger partial charge in [0.15, 0.2) is 5.65 Å². The van der Waals surface area contributed by atoms with Crippen molar-refractivity contribution < 1.29 is 19.4 Å². The average molecular weight is 463 g/mol. The van der Waals surface area contributed by atoms with E-state index in [-0.39, 0.29) is 23.8 Å². The molecule has 0 aliphatic carbocycles. The Labute approximate surface area is 195 Å². The number of hydrogen-bond acceptors (Lipinski definition) is 7. The number of rotatable bonds is 4. The van der Waals surface area contributed by atoms with Crippen LogP contribution >= 0.6 is 0 Å². The van der Waals surface area contributed by atoms with E-state index in [1.54, 1.807) is 23.0 Å². The van der Waals surface area contributed by atoms with Crippen LogP contribution in [0, 0.1) is 5.41 Å². The van der Waals surface area contributed by atoms with Crippen LogP contribution in [0.15, 0.2) is 36.8 Å². The van der Waals surface area contributed by atoms with Crippen LogP contribution in [0.5, 0.6) is 5.75 Å². The van der Waals surface area contributed by atoms with Crippen LogP contribution in [0.25, 0.3) is 5.65 Å². The van der Waals surface area contributed by atoms with Crippen molar-refractivity contribution in [2.75, 3.05) is 36.5 Å². The van der Waals surface area contributed by atoms with Crippen LogP contribution in [0.1, 0.15) is 35.7 Å². The van der Waals surface area contributed by atoms with Crippen LogP contribution in [-0.4, -0.2) is 63.4 Å². The van der Waals surface area contributed by atoms with Crippen LogP contribution in [0.4, 0.5) is 11.4 Å². The molecule has 0 unspecified atom stereocenters. The van der Waals surface area contributed by atoms with Gasteiger partial charge in [0.05, 0.1) is 29.6 Å². The summed E-state index contributed by atoms with van der Waals surface area (Å²) in [5.74, 6) is 0.548. The minimum atomic E-state index is -0.690. The fourth-order valence-corrected chi connectivity index (χ4v) is 5.17. The molecular formula is C24H26N6O4. The molecule has 5 heterocycles. The van der Waals surface area contributed by atoms with Crippen molar-refractivity contribution in [2.24, 2.45) is 5.41 Å². The molecule has 10 heteroatoms. The number of β-lactam (4-membered cyclic amide) rings is 1. The van der Waals surface area contributed by atoms with Gasteiger partial charge in [0, 0.05) is 50.1 Å². The normalized spacial score (nSPS) is 22.8. The van der Waals surface area contributed by atoms with Crippen molar-refractivity contribution in [3.05, 3.63) is 47.9 Å². The summed E-state index contributed by atoms with van der Waals surface area (Å²) in [4.78, 5) is 31.9. The molecule has 2 fully saturated rings. The second kappa shape index (κ2) is 7.42. The number of fused-ring (bicyclic) bond motifs is 2. The van der Waals surface area contributed by atoms with Gasteiger partial charge in [-0.3, -0.25) is 9.59 Å². The summed E-state index contributed by atoms with van der Waals surface area (Å²) >= 11 is 0. The minimum absolute atomic E-state index is 0.103. The molecule has 2 aromatic heterocycles. The molecule has 3 aromatic rings. The van der Waals surface area contributed by atoms with E-state index in [0.717, 1.165) is 30.6 Å². The Hall–Kier alpha value is -3.66. The zero-order chi connectivity index (χ0) is 23.5. The molecular weight excluding hydrogens is 436 g/mol. The highest BCUT2D eigenvalue weighted by Crippen LogP contribution is 2.44. The predicted octanol–water partition coefficient (Wildman–Crippen LogP) is 1.38. The fraction of sp³-hybridized carbons (Fsp3) is 0.417. The molecule has 1 atom stereocenters. The first kappa shape index (κ1) is 20.9. The van der Waals surface area contributed by atoms with Crippen LogP contribution in [0.3, 0.4) is 0 Å². The number of carbonyl (C=O) groups excluding carboxylic acids is 2. The highest BCUT2D eigenvalue weighted by atomic mass is 16.5.